The van der Waals surface area contributed by atoms with Gasteiger partial charge in [-0.1, -0.05) is 6.07 Å². The number of nitrogens with zero attached hydrogens (tertiary/aromatic N) is 5. The number of rotatable bonds is 5. The molecule has 0 spiro atoms. The quantitative estimate of drug-likeness (QED) is 0.529. The minimum Gasteiger partial charge on any atom is -0.439 e. The lowest BCUT2D eigenvalue weighted by atomic mass is 10.1. The van der Waals surface area contributed by atoms with Gasteiger partial charge in [0, 0.05) is 23.0 Å². The number of nitriles is 1. The number of carbonyl (C=O) groups is 1. The van der Waals surface area contributed by atoms with Crippen molar-refractivity contribution in [2.45, 2.75) is 13.8 Å². The Labute approximate surface area is 178 Å². The van der Waals surface area contributed by atoms with Crippen LogP contribution in [0.2, 0.25) is 0 Å². The molecule has 0 bridgehead atoms. The SMILES string of the molecule is Cc1cc(C)n(-c2cc(Oc3ccc(NC(=O)c4cccc(C#N)c4)cc3)ncn2)n1. The minimum atomic E-state index is -0.295. The summed E-state index contributed by atoms with van der Waals surface area (Å²) in [6.07, 6.45) is 1.42. The van der Waals surface area contributed by atoms with E-state index in [1.165, 1.54) is 6.33 Å². The van der Waals surface area contributed by atoms with E-state index < -0.39 is 0 Å². The molecule has 152 valence electrons. The average molecular weight is 410 g/mol. The Kier molecular flexibility index (Phi) is 5.41. The van der Waals surface area contributed by atoms with E-state index >= 15 is 0 Å². The van der Waals surface area contributed by atoms with Crippen molar-refractivity contribution < 1.29 is 9.53 Å². The van der Waals surface area contributed by atoms with Gasteiger partial charge in [-0.15, -0.1) is 0 Å². The molecule has 0 unspecified atom stereocenters. The van der Waals surface area contributed by atoms with Crippen molar-refractivity contribution in [2.75, 3.05) is 5.32 Å². The first-order valence-electron chi connectivity index (χ1n) is 9.47. The van der Waals surface area contributed by atoms with Gasteiger partial charge in [0.1, 0.15) is 12.1 Å². The van der Waals surface area contributed by atoms with Gasteiger partial charge < -0.3 is 10.1 Å². The third-order valence-electron chi connectivity index (χ3n) is 4.44. The van der Waals surface area contributed by atoms with Crippen LogP contribution in [0.4, 0.5) is 5.69 Å². The smallest absolute Gasteiger partial charge is 0.255 e. The number of hydrogen-bond acceptors (Lipinski definition) is 6. The zero-order valence-corrected chi connectivity index (χ0v) is 16.9. The number of anilines is 1. The second-order valence-corrected chi connectivity index (χ2v) is 6.83. The summed E-state index contributed by atoms with van der Waals surface area (Å²) in [5.41, 5.74) is 3.31. The van der Waals surface area contributed by atoms with E-state index in [2.05, 4.69) is 20.4 Å². The van der Waals surface area contributed by atoms with Crippen molar-refractivity contribution in [3.05, 3.63) is 89.5 Å². The zero-order valence-electron chi connectivity index (χ0n) is 16.9. The highest BCUT2D eigenvalue weighted by Gasteiger charge is 2.09. The molecule has 0 aliphatic carbocycles. The van der Waals surface area contributed by atoms with Crippen LogP contribution in [-0.2, 0) is 0 Å². The van der Waals surface area contributed by atoms with Gasteiger partial charge in [0.15, 0.2) is 5.82 Å². The Hall–Kier alpha value is -4.51. The van der Waals surface area contributed by atoms with Gasteiger partial charge in [-0.2, -0.15) is 10.4 Å². The van der Waals surface area contributed by atoms with E-state index in [4.69, 9.17) is 10.00 Å². The molecule has 4 rings (SSSR count). The van der Waals surface area contributed by atoms with Crippen molar-refractivity contribution in [3.63, 3.8) is 0 Å². The topological polar surface area (TPSA) is 106 Å². The lowest BCUT2D eigenvalue weighted by molar-refractivity contribution is 0.102. The van der Waals surface area contributed by atoms with Crippen molar-refractivity contribution >= 4 is 11.6 Å². The number of benzene rings is 2. The predicted octanol–water partition coefficient (Wildman–Crippen LogP) is 4.20. The Morgan fingerprint density at radius 3 is 2.58 bits per heavy atom. The second-order valence-electron chi connectivity index (χ2n) is 6.83. The van der Waals surface area contributed by atoms with E-state index in [1.807, 2.05) is 26.0 Å². The lowest BCUT2D eigenvalue weighted by Crippen LogP contribution is -2.11. The Balaban J connectivity index is 1.45. The molecule has 2 aromatic heterocycles. The number of hydrogen-bond donors (Lipinski definition) is 1. The molecule has 2 heterocycles. The first-order valence-corrected chi connectivity index (χ1v) is 9.47. The third-order valence-corrected chi connectivity index (χ3v) is 4.44. The minimum absolute atomic E-state index is 0.295. The molecule has 0 aliphatic heterocycles. The summed E-state index contributed by atoms with van der Waals surface area (Å²) in [5.74, 6) is 1.25. The number of aryl methyl sites for hydroxylation is 2. The van der Waals surface area contributed by atoms with E-state index in [-0.39, 0.29) is 5.91 Å². The van der Waals surface area contributed by atoms with Crippen molar-refractivity contribution in [1.82, 2.24) is 19.7 Å². The largest absolute Gasteiger partial charge is 0.439 e. The maximum absolute atomic E-state index is 12.4. The Bertz CT molecular complexity index is 1290. The molecular weight excluding hydrogens is 392 g/mol. The average Bonchev–Trinajstić information content (AvgIpc) is 3.13. The van der Waals surface area contributed by atoms with Crippen LogP contribution in [-0.4, -0.2) is 25.7 Å². The highest BCUT2D eigenvalue weighted by molar-refractivity contribution is 6.04. The molecule has 0 atom stereocenters. The van der Waals surface area contributed by atoms with Crippen LogP contribution < -0.4 is 10.1 Å². The Morgan fingerprint density at radius 1 is 1.06 bits per heavy atom. The summed E-state index contributed by atoms with van der Waals surface area (Å²) in [4.78, 5) is 20.8. The van der Waals surface area contributed by atoms with Crippen molar-refractivity contribution in [3.8, 4) is 23.5 Å². The molecule has 0 saturated carbocycles. The molecule has 8 nitrogen and oxygen atoms in total. The summed E-state index contributed by atoms with van der Waals surface area (Å²) < 4.78 is 7.55. The molecule has 0 radical (unpaired) electrons. The maximum atomic E-state index is 12.4. The van der Waals surface area contributed by atoms with Crippen LogP contribution in [0.15, 0.2) is 67.0 Å². The molecule has 0 fully saturated rings. The van der Waals surface area contributed by atoms with Crippen molar-refractivity contribution in [2.24, 2.45) is 0 Å². The maximum Gasteiger partial charge on any atom is 0.255 e. The summed E-state index contributed by atoms with van der Waals surface area (Å²) in [5, 5.41) is 16.2. The van der Waals surface area contributed by atoms with E-state index in [0.29, 0.717) is 34.3 Å². The van der Waals surface area contributed by atoms with Gasteiger partial charge in [-0.25, -0.2) is 14.6 Å². The van der Waals surface area contributed by atoms with Gasteiger partial charge in [0.25, 0.3) is 5.91 Å². The molecule has 2 aromatic carbocycles. The molecule has 8 heteroatoms. The molecule has 0 aliphatic rings. The van der Waals surface area contributed by atoms with Gasteiger partial charge in [-0.3, -0.25) is 4.79 Å². The molecule has 31 heavy (non-hydrogen) atoms. The van der Waals surface area contributed by atoms with Crippen LogP contribution in [0, 0.1) is 25.2 Å². The molecule has 4 aromatic rings. The normalized spacial score (nSPS) is 10.4. The Morgan fingerprint density at radius 2 is 1.87 bits per heavy atom. The van der Waals surface area contributed by atoms with E-state index in [9.17, 15) is 4.79 Å². The first-order chi connectivity index (χ1) is 15.0. The number of carbonyl (C=O) groups excluding carboxylic acids is 1. The fourth-order valence-corrected chi connectivity index (χ4v) is 3.02. The second kappa shape index (κ2) is 8.47. The van der Waals surface area contributed by atoms with Crippen molar-refractivity contribution in [1.29, 1.82) is 5.26 Å². The number of amides is 1. The highest BCUT2D eigenvalue weighted by Crippen LogP contribution is 2.23. The van der Waals surface area contributed by atoms with E-state index in [1.54, 1.807) is 59.3 Å². The van der Waals surface area contributed by atoms with Crippen LogP contribution >= 0.6 is 0 Å². The van der Waals surface area contributed by atoms with Crippen LogP contribution in [0.1, 0.15) is 27.3 Å². The monoisotopic (exact) mass is 410 g/mol. The van der Waals surface area contributed by atoms with Gasteiger partial charge in [-0.05, 0) is 62.4 Å². The summed E-state index contributed by atoms with van der Waals surface area (Å²) in [6.45, 7) is 3.87. The first kappa shape index (κ1) is 19.8. The highest BCUT2D eigenvalue weighted by atomic mass is 16.5. The summed E-state index contributed by atoms with van der Waals surface area (Å²) in [6, 6.07) is 19.1. The van der Waals surface area contributed by atoms with Crippen LogP contribution in [0.25, 0.3) is 5.82 Å². The van der Waals surface area contributed by atoms with Gasteiger partial charge >= 0.3 is 0 Å². The van der Waals surface area contributed by atoms with E-state index in [0.717, 1.165) is 11.4 Å². The molecular formula is C23H18N6O2. The summed E-state index contributed by atoms with van der Waals surface area (Å²) in [7, 11) is 0. The summed E-state index contributed by atoms with van der Waals surface area (Å²) >= 11 is 0. The number of nitrogens with one attached hydrogen (secondary N) is 1. The third kappa shape index (κ3) is 4.57. The lowest BCUT2D eigenvalue weighted by Gasteiger charge is -2.09. The van der Waals surface area contributed by atoms with Gasteiger partial charge in [0.2, 0.25) is 5.88 Å². The molecule has 1 amide bonds. The van der Waals surface area contributed by atoms with Crippen LogP contribution in [0.5, 0.6) is 11.6 Å². The molecule has 0 saturated heterocycles. The molecule has 1 N–H and O–H groups in total. The van der Waals surface area contributed by atoms with Gasteiger partial charge in [0.05, 0.1) is 17.3 Å². The zero-order chi connectivity index (χ0) is 21.8. The fourth-order valence-electron chi connectivity index (χ4n) is 3.02. The number of aromatic nitrogens is 4. The fraction of sp³-hybridized carbons (Fsp3) is 0.0870. The standard InChI is InChI=1S/C23H18N6O2/c1-15-10-16(2)29(28-15)21-12-22(26-14-25-21)31-20-8-6-19(7-9-20)27-23(30)18-5-3-4-17(11-18)13-24/h3-12,14H,1-2H3,(H,27,30). The predicted molar refractivity (Wildman–Crippen MR) is 114 cm³/mol. The number of ether oxygens (including phenoxy) is 1. The van der Waals surface area contributed by atoms with Crippen LogP contribution in [0.3, 0.4) is 0 Å².